The molecule has 0 fully saturated rings. The zero-order valence-electron chi connectivity index (χ0n) is 16.1. The highest BCUT2D eigenvalue weighted by Gasteiger charge is 2.23. The van der Waals surface area contributed by atoms with E-state index in [0.717, 1.165) is 21.9 Å². The Kier molecular flexibility index (Phi) is 7.89. The molecule has 0 spiro atoms. The van der Waals surface area contributed by atoms with Crippen molar-refractivity contribution in [3.63, 3.8) is 0 Å². The van der Waals surface area contributed by atoms with Crippen LogP contribution in [0, 0.1) is 0 Å². The second kappa shape index (κ2) is 9.96. The van der Waals surface area contributed by atoms with Gasteiger partial charge in [0.15, 0.2) is 0 Å². The summed E-state index contributed by atoms with van der Waals surface area (Å²) in [4.78, 5) is 12.3. The van der Waals surface area contributed by atoms with Crippen LogP contribution < -0.4 is 14.5 Å². The summed E-state index contributed by atoms with van der Waals surface area (Å²) in [6, 6.07) is 11.8. The summed E-state index contributed by atoms with van der Waals surface area (Å²) in [5, 5.41) is 4.26. The van der Waals surface area contributed by atoms with E-state index in [1.165, 1.54) is 12.1 Å². The SMILES string of the molecule is CCOc1ccc(/C(C)=N\NC(=O)CN(c2cccc(Cl)c2Cl)S(C)(=O)=O)cc1. The minimum absolute atomic E-state index is 0.0430. The molecule has 0 aromatic heterocycles. The highest BCUT2D eigenvalue weighted by molar-refractivity contribution is 7.92. The molecular formula is C19H21Cl2N3O4S. The van der Waals surface area contributed by atoms with Crippen molar-refractivity contribution >= 4 is 50.5 Å². The largest absolute Gasteiger partial charge is 0.494 e. The van der Waals surface area contributed by atoms with E-state index in [9.17, 15) is 13.2 Å². The van der Waals surface area contributed by atoms with Crippen molar-refractivity contribution < 1.29 is 17.9 Å². The van der Waals surface area contributed by atoms with Crippen LogP contribution in [0.2, 0.25) is 10.0 Å². The lowest BCUT2D eigenvalue weighted by atomic mass is 10.1. The highest BCUT2D eigenvalue weighted by atomic mass is 35.5. The summed E-state index contributed by atoms with van der Waals surface area (Å²) >= 11 is 12.1. The third-order valence-corrected chi connectivity index (χ3v) is 5.75. The minimum Gasteiger partial charge on any atom is -0.494 e. The quantitative estimate of drug-likeness (QED) is 0.483. The van der Waals surface area contributed by atoms with Gasteiger partial charge in [0.05, 0.1) is 34.3 Å². The second-order valence-electron chi connectivity index (χ2n) is 6.03. The van der Waals surface area contributed by atoms with E-state index in [1.807, 2.05) is 19.1 Å². The summed E-state index contributed by atoms with van der Waals surface area (Å²) < 4.78 is 30.6. The third-order valence-electron chi connectivity index (χ3n) is 3.82. The van der Waals surface area contributed by atoms with Crippen LogP contribution in [0.4, 0.5) is 5.69 Å². The molecule has 0 heterocycles. The number of halogens is 2. The average Bonchev–Trinajstić information content (AvgIpc) is 2.66. The number of carbonyl (C=O) groups excluding carboxylic acids is 1. The molecule has 2 rings (SSSR count). The van der Waals surface area contributed by atoms with Gasteiger partial charge in [-0.3, -0.25) is 9.10 Å². The Morgan fingerprint density at radius 1 is 1.17 bits per heavy atom. The molecule has 0 aliphatic carbocycles. The zero-order chi connectivity index (χ0) is 21.6. The summed E-state index contributed by atoms with van der Waals surface area (Å²) in [7, 11) is -3.79. The fourth-order valence-corrected chi connectivity index (χ4v) is 3.71. The number of anilines is 1. The van der Waals surface area contributed by atoms with E-state index in [1.54, 1.807) is 25.1 Å². The number of ether oxygens (including phenoxy) is 1. The predicted octanol–water partition coefficient (Wildman–Crippen LogP) is 3.70. The number of sulfonamides is 1. The molecule has 1 N–H and O–H groups in total. The second-order valence-corrected chi connectivity index (χ2v) is 8.72. The van der Waals surface area contributed by atoms with E-state index in [4.69, 9.17) is 27.9 Å². The van der Waals surface area contributed by atoms with Crippen LogP contribution in [-0.2, 0) is 14.8 Å². The van der Waals surface area contributed by atoms with Crippen molar-refractivity contribution in [3.8, 4) is 5.75 Å². The molecule has 0 aliphatic heterocycles. The first-order valence-electron chi connectivity index (χ1n) is 8.61. The van der Waals surface area contributed by atoms with Gasteiger partial charge in [0.1, 0.15) is 12.3 Å². The Balaban J connectivity index is 2.14. The summed E-state index contributed by atoms with van der Waals surface area (Å²) in [5.74, 6) is 0.104. The van der Waals surface area contributed by atoms with Crippen molar-refractivity contribution in [3.05, 3.63) is 58.1 Å². The van der Waals surface area contributed by atoms with Crippen molar-refractivity contribution in [1.29, 1.82) is 0 Å². The maximum absolute atomic E-state index is 12.3. The molecule has 0 unspecified atom stereocenters. The van der Waals surface area contributed by atoms with Crippen LogP contribution in [0.5, 0.6) is 5.75 Å². The molecule has 1 amide bonds. The molecule has 0 atom stereocenters. The van der Waals surface area contributed by atoms with Gasteiger partial charge in [-0.1, -0.05) is 29.3 Å². The van der Waals surface area contributed by atoms with E-state index in [2.05, 4.69) is 10.5 Å². The topological polar surface area (TPSA) is 88.1 Å². The van der Waals surface area contributed by atoms with Crippen LogP contribution in [0.3, 0.4) is 0 Å². The number of amides is 1. The fourth-order valence-electron chi connectivity index (χ4n) is 2.40. The monoisotopic (exact) mass is 457 g/mol. The lowest BCUT2D eigenvalue weighted by Gasteiger charge is -2.22. The Hall–Kier alpha value is -2.29. The normalized spacial score (nSPS) is 11.8. The molecule has 0 aliphatic rings. The first-order valence-corrected chi connectivity index (χ1v) is 11.2. The van der Waals surface area contributed by atoms with Gasteiger partial charge in [-0.15, -0.1) is 0 Å². The van der Waals surface area contributed by atoms with Crippen LogP contribution in [0.1, 0.15) is 19.4 Å². The van der Waals surface area contributed by atoms with Crippen molar-refractivity contribution in [2.45, 2.75) is 13.8 Å². The Bertz CT molecular complexity index is 1010. The van der Waals surface area contributed by atoms with Gasteiger partial charge in [0, 0.05) is 0 Å². The number of carbonyl (C=O) groups is 1. The first-order chi connectivity index (χ1) is 13.6. The van der Waals surface area contributed by atoms with Gasteiger partial charge in [-0.25, -0.2) is 13.8 Å². The number of hydrogen-bond acceptors (Lipinski definition) is 5. The van der Waals surface area contributed by atoms with Crippen LogP contribution in [0.15, 0.2) is 47.6 Å². The van der Waals surface area contributed by atoms with Crippen molar-refractivity contribution in [1.82, 2.24) is 5.43 Å². The minimum atomic E-state index is -3.79. The fraction of sp³-hybridized carbons (Fsp3) is 0.263. The third kappa shape index (κ3) is 6.35. The Labute approximate surface area is 180 Å². The molecule has 2 aromatic rings. The van der Waals surface area contributed by atoms with E-state index in [-0.39, 0.29) is 15.7 Å². The molecule has 10 heteroatoms. The molecule has 2 aromatic carbocycles. The molecule has 29 heavy (non-hydrogen) atoms. The van der Waals surface area contributed by atoms with Crippen molar-refractivity contribution in [2.75, 3.05) is 23.7 Å². The van der Waals surface area contributed by atoms with Crippen LogP contribution in [0.25, 0.3) is 0 Å². The number of hydrogen-bond donors (Lipinski definition) is 1. The first kappa shape index (κ1) is 23.0. The molecule has 0 radical (unpaired) electrons. The molecule has 0 saturated heterocycles. The standard InChI is InChI=1S/C19H21Cl2N3O4S/c1-4-28-15-10-8-14(9-11-15)13(2)22-23-18(25)12-24(29(3,26)27)17-7-5-6-16(20)19(17)21/h5-11H,4,12H2,1-3H3,(H,23,25)/b22-13-. The van der Waals surface area contributed by atoms with Crippen LogP contribution in [-0.4, -0.2) is 39.4 Å². The van der Waals surface area contributed by atoms with Gasteiger partial charge in [-0.2, -0.15) is 5.10 Å². The number of rotatable bonds is 8. The Morgan fingerprint density at radius 3 is 2.41 bits per heavy atom. The maximum Gasteiger partial charge on any atom is 0.260 e. The molecule has 0 saturated carbocycles. The number of benzene rings is 2. The Morgan fingerprint density at radius 2 is 1.83 bits per heavy atom. The van der Waals surface area contributed by atoms with Gasteiger partial charge < -0.3 is 4.74 Å². The highest BCUT2D eigenvalue weighted by Crippen LogP contribution is 2.33. The average molecular weight is 458 g/mol. The summed E-state index contributed by atoms with van der Waals surface area (Å²) in [5.41, 5.74) is 3.81. The predicted molar refractivity (Wildman–Crippen MR) is 117 cm³/mol. The van der Waals surface area contributed by atoms with Crippen LogP contribution >= 0.6 is 23.2 Å². The molecular weight excluding hydrogens is 437 g/mol. The number of nitrogens with zero attached hydrogens (tertiary/aromatic N) is 2. The molecule has 156 valence electrons. The molecule has 0 bridgehead atoms. The van der Waals surface area contributed by atoms with Crippen molar-refractivity contribution in [2.24, 2.45) is 5.10 Å². The zero-order valence-corrected chi connectivity index (χ0v) is 18.5. The van der Waals surface area contributed by atoms with Gasteiger partial charge in [-0.05, 0) is 55.8 Å². The van der Waals surface area contributed by atoms with E-state index >= 15 is 0 Å². The van der Waals surface area contributed by atoms with E-state index in [0.29, 0.717) is 12.3 Å². The maximum atomic E-state index is 12.3. The lowest BCUT2D eigenvalue weighted by Crippen LogP contribution is -2.39. The van der Waals surface area contributed by atoms with Gasteiger partial charge in [0.2, 0.25) is 10.0 Å². The summed E-state index contributed by atoms with van der Waals surface area (Å²) in [6.07, 6.45) is 0.978. The van der Waals surface area contributed by atoms with E-state index < -0.39 is 22.5 Å². The number of hydrazone groups is 1. The van der Waals surface area contributed by atoms with Gasteiger partial charge in [0.25, 0.3) is 5.91 Å². The molecule has 7 nitrogen and oxygen atoms in total. The lowest BCUT2D eigenvalue weighted by molar-refractivity contribution is -0.119. The summed E-state index contributed by atoms with van der Waals surface area (Å²) in [6.45, 7) is 3.68. The van der Waals surface area contributed by atoms with Gasteiger partial charge >= 0.3 is 0 Å². The number of nitrogens with one attached hydrogen (secondary N) is 1. The smallest absolute Gasteiger partial charge is 0.260 e.